The van der Waals surface area contributed by atoms with Crippen LogP contribution in [0.5, 0.6) is 0 Å². The summed E-state index contributed by atoms with van der Waals surface area (Å²) in [6.45, 7) is 0. The molecule has 3 rings (SSSR count). The molecule has 0 aliphatic heterocycles. The first-order chi connectivity index (χ1) is 10.4. The fourth-order valence-electron chi connectivity index (χ4n) is 2.27. The molecule has 3 aromatic carbocycles. The highest BCUT2D eigenvalue weighted by Gasteiger charge is 2.13. The van der Waals surface area contributed by atoms with E-state index < -0.39 is 0 Å². The predicted molar refractivity (Wildman–Crippen MR) is 98.3 cm³/mol. The van der Waals surface area contributed by atoms with E-state index in [0.29, 0.717) is 0 Å². The van der Waals surface area contributed by atoms with Crippen molar-refractivity contribution in [1.29, 1.82) is 0 Å². The third-order valence-corrected chi connectivity index (χ3v) is 7.83. The summed E-state index contributed by atoms with van der Waals surface area (Å²) in [5.74, 6) is 1.23. The van der Waals surface area contributed by atoms with Gasteiger partial charge in [0.2, 0.25) is 0 Å². The molecule has 0 saturated heterocycles. The molecule has 0 fully saturated rings. The predicted octanol–water partition coefficient (Wildman–Crippen LogP) is 4.08. The lowest BCUT2D eigenvalue weighted by Gasteiger charge is -2.18. The van der Waals surface area contributed by atoms with Gasteiger partial charge in [-0.15, -0.1) is 0 Å². The van der Waals surface area contributed by atoms with Crippen LogP contribution in [0, 0.1) is 0 Å². The van der Waals surface area contributed by atoms with E-state index in [1.54, 1.807) is 0 Å². The van der Waals surface area contributed by atoms with Gasteiger partial charge in [-0.3, -0.25) is 0 Å². The van der Waals surface area contributed by atoms with Gasteiger partial charge >= 0.3 is 0 Å². The standard InChI is InChI=1S/C19H18P2/c1-4-10-17(11-5-1)20-16-21(18-12-6-2-7-13-18)19-14-8-3-9-15-19/h1-15,20H,16H2. The van der Waals surface area contributed by atoms with Crippen LogP contribution in [0.4, 0.5) is 0 Å². The van der Waals surface area contributed by atoms with Crippen LogP contribution in [0.2, 0.25) is 0 Å². The Morgan fingerprint density at radius 1 is 0.571 bits per heavy atom. The fourth-order valence-corrected chi connectivity index (χ4v) is 6.89. The minimum Gasteiger partial charge on any atom is -0.0854 e. The first-order valence-electron chi connectivity index (χ1n) is 7.10. The van der Waals surface area contributed by atoms with Crippen LogP contribution in [0.25, 0.3) is 0 Å². The highest BCUT2D eigenvalue weighted by atomic mass is 31.2. The Morgan fingerprint density at radius 2 is 1.00 bits per heavy atom. The Balaban J connectivity index is 1.83. The zero-order valence-corrected chi connectivity index (χ0v) is 13.7. The zero-order valence-electron chi connectivity index (χ0n) is 11.8. The van der Waals surface area contributed by atoms with Crippen LogP contribution < -0.4 is 15.9 Å². The minimum absolute atomic E-state index is 0.262. The van der Waals surface area contributed by atoms with E-state index >= 15 is 0 Å². The maximum atomic E-state index is 2.27. The van der Waals surface area contributed by atoms with Crippen LogP contribution in [-0.2, 0) is 0 Å². The Bertz CT molecular complexity index is 611. The maximum Gasteiger partial charge on any atom is -0.00271 e. The molecule has 0 N–H and O–H groups in total. The van der Waals surface area contributed by atoms with Crippen molar-refractivity contribution in [1.82, 2.24) is 0 Å². The molecule has 104 valence electrons. The molecule has 0 spiro atoms. The van der Waals surface area contributed by atoms with Crippen molar-refractivity contribution < 1.29 is 0 Å². The van der Waals surface area contributed by atoms with Gasteiger partial charge in [-0.2, -0.15) is 0 Å². The highest BCUT2D eigenvalue weighted by Crippen LogP contribution is 2.39. The van der Waals surface area contributed by atoms with E-state index in [1.807, 2.05) is 0 Å². The van der Waals surface area contributed by atoms with Gasteiger partial charge in [-0.25, -0.2) is 0 Å². The van der Waals surface area contributed by atoms with E-state index in [0.717, 1.165) is 8.58 Å². The third kappa shape index (κ3) is 4.01. The summed E-state index contributed by atoms with van der Waals surface area (Å²) in [6.07, 6.45) is 0. The first kappa shape index (κ1) is 14.5. The van der Waals surface area contributed by atoms with E-state index in [4.69, 9.17) is 0 Å². The van der Waals surface area contributed by atoms with E-state index in [-0.39, 0.29) is 7.92 Å². The lowest BCUT2D eigenvalue weighted by Crippen LogP contribution is -2.13. The van der Waals surface area contributed by atoms with Gasteiger partial charge in [0.25, 0.3) is 0 Å². The summed E-state index contributed by atoms with van der Waals surface area (Å²) >= 11 is 0. The second-order valence-electron chi connectivity index (χ2n) is 4.80. The fraction of sp³-hybridized carbons (Fsp3) is 0.0526. The first-order valence-corrected chi connectivity index (χ1v) is 9.83. The average Bonchev–Trinajstić information content (AvgIpc) is 2.58. The molecule has 1 unspecified atom stereocenters. The second-order valence-corrected chi connectivity index (χ2v) is 8.88. The Hall–Kier alpha value is -1.48. The largest absolute Gasteiger partial charge is 0.0854 e. The van der Waals surface area contributed by atoms with Crippen LogP contribution in [-0.4, -0.2) is 5.90 Å². The van der Waals surface area contributed by atoms with E-state index in [9.17, 15) is 0 Å². The Kier molecular flexibility index (Phi) is 5.17. The smallest absolute Gasteiger partial charge is 0.00271 e. The van der Waals surface area contributed by atoms with Gasteiger partial charge in [-0.1, -0.05) is 99.6 Å². The van der Waals surface area contributed by atoms with E-state index in [1.165, 1.54) is 21.8 Å². The topological polar surface area (TPSA) is 0 Å². The molecule has 0 aliphatic rings. The number of hydrogen-bond acceptors (Lipinski definition) is 0. The van der Waals surface area contributed by atoms with Gasteiger partial charge in [0.05, 0.1) is 0 Å². The van der Waals surface area contributed by atoms with Crippen molar-refractivity contribution in [3.05, 3.63) is 91.0 Å². The van der Waals surface area contributed by atoms with Crippen molar-refractivity contribution >= 4 is 32.4 Å². The second kappa shape index (κ2) is 7.51. The highest BCUT2D eigenvalue weighted by molar-refractivity contribution is 7.80. The van der Waals surface area contributed by atoms with Gasteiger partial charge in [0.15, 0.2) is 0 Å². The Labute approximate surface area is 129 Å². The lowest BCUT2D eigenvalue weighted by atomic mass is 10.4. The average molecular weight is 308 g/mol. The molecule has 0 saturated carbocycles. The lowest BCUT2D eigenvalue weighted by molar-refractivity contribution is 1.74. The molecule has 0 bridgehead atoms. The monoisotopic (exact) mass is 308 g/mol. The quantitative estimate of drug-likeness (QED) is 0.623. The molecular formula is C19H18P2. The molecule has 2 heteroatoms. The van der Waals surface area contributed by atoms with Gasteiger partial charge in [0, 0.05) is 0 Å². The molecule has 0 radical (unpaired) electrons. The van der Waals surface area contributed by atoms with E-state index in [2.05, 4.69) is 91.0 Å². The van der Waals surface area contributed by atoms with Gasteiger partial charge in [0.1, 0.15) is 0 Å². The Morgan fingerprint density at radius 3 is 1.48 bits per heavy atom. The third-order valence-electron chi connectivity index (χ3n) is 3.35. The van der Waals surface area contributed by atoms with Crippen LogP contribution in [0.15, 0.2) is 91.0 Å². The van der Waals surface area contributed by atoms with Crippen molar-refractivity contribution in [2.75, 3.05) is 5.90 Å². The molecular weight excluding hydrogens is 290 g/mol. The summed E-state index contributed by atoms with van der Waals surface area (Å²) in [4.78, 5) is 0. The molecule has 0 aliphatic carbocycles. The molecule has 21 heavy (non-hydrogen) atoms. The van der Waals surface area contributed by atoms with Crippen LogP contribution >= 0.6 is 16.5 Å². The summed E-state index contributed by atoms with van der Waals surface area (Å²) in [6, 6.07) is 32.7. The van der Waals surface area contributed by atoms with Crippen LogP contribution in [0.3, 0.4) is 0 Å². The molecule has 0 amide bonds. The molecule has 0 heterocycles. The summed E-state index contributed by atoms with van der Waals surface area (Å²) in [5, 5.41) is 4.40. The number of hydrogen-bond donors (Lipinski definition) is 0. The van der Waals surface area contributed by atoms with Crippen molar-refractivity contribution in [2.24, 2.45) is 0 Å². The number of rotatable bonds is 5. The summed E-state index contributed by atoms with van der Waals surface area (Å²) < 4.78 is 0. The summed E-state index contributed by atoms with van der Waals surface area (Å²) in [7, 11) is 0.602. The SMILES string of the molecule is c1ccc(PCP(c2ccccc2)c2ccccc2)cc1. The normalized spacial score (nSPS) is 11.3. The summed E-state index contributed by atoms with van der Waals surface area (Å²) in [5.41, 5.74) is 0. The molecule has 1 atom stereocenters. The molecule has 0 aromatic heterocycles. The van der Waals surface area contributed by atoms with Gasteiger partial charge < -0.3 is 0 Å². The molecule has 0 nitrogen and oxygen atoms in total. The van der Waals surface area contributed by atoms with Gasteiger partial charge in [-0.05, 0) is 29.7 Å². The zero-order chi connectivity index (χ0) is 14.3. The van der Waals surface area contributed by atoms with Crippen molar-refractivity contribution in [3.63, 3.8) is 0 Å². The number of benzene rings is 3. The van der Waals surface area contributed by atoms with Crippen molar-refractivity contribution in [2.45, 2.75) is 0 Å². The molecule has 3 aromatic rings. The minimum atomic E-state index is -0.262. The van der Waals surface area contributed by atoms with Crippen LogP contribution in [0.1, 0.15) is 0 Å². The maximum absolute atomic E-state index is 2.27. The van der Waals surface area contributed by atoms with Crippen molar-refractivity contribution in [3.8, 4) is 0 Å².